The Balaban J connectivity index is 1.83. The number of rotatable bonds is 4. The quantitative estimate of drug-likeness (QED) is 0.943. The Kier molecular flexibility index (Phi) is 3.80. The van der Waals surface area contributed by atoms with Crippen molar-refractivity contribution in [1.29, 1.82) is 0 Å². The molecule has 0 atom stereocenters. The van der Waals surface area contributed by atoms with Crippen LogP contribution in [-0.4, -0.2) is 34.1 Å². The Morgan fingerprint density at radius 3 is 2.76 bits per heavy atom. The zero-order chi connectivity index (χ0) is 15.0. The molecule has 0 radical (unpaired) electrons. The van der Waals surface area contributed by atoms with Crippen LogP contribution in [0.25, 0.3) is 11.0 Å². The van der Waals surface area contributed by atoms with Crippen molar-refractivity contribution in [3.63, 3.8) is 0 Å². The number of halogens is 2. The first-order chi connectivity index (χ1) is 10.1. The Morgan fingerprint density at radius 1 is 1.33 bits per heavy atom. The summed E-state index contributed by atoms with van der Waals surface area (Å²) in [7, 11) is 2.07. The van der Waals surface area contributed by atoms with Crippen LogP contribution in [0.4, 0.5) is 14.7 Å². The maximum Gasteiger partial charge on any atom is 0.201 e. The van der Waals surface area contributed by atoms with Gasteiger partial charge in [-0.05, 0) is 32.0 Å². The van der Waals surface area contributed by atoms with Gasteiger partial charge in [-0.25, -0.2) is 13.8 Å². The van der Waals surface area contributed by atoms with E-state index in [9.17, 15) is 8.78 Å². The van der Waals surface area contributed by atoms with Crippen molar-refractivity contribution in [2.45, 2.75) is 38.3 Å². The van der Waals surface area contributed by atoms with Gasteiger partial charge in [0.05, 0.1) is 5.52 Å². The maximum atomic E-state index is 14.0. The zero-order valence-corrected chi connectivity index (χ0v) is 12.1. The number of nitrogen functional groups attached to an aromatic ring is 1. The van der Waals surface area contributed by atoms with Crippen LogP contribution in [0.1, 0.15) is 25.7 Å². The molecule has 2 aromatic rings. The van der Waals surface area contributed by atoms with E-state index in [1.54, 1.807) is 4.57 Å². The molecule has 1 aromatic heterocycles. The highest BCUT2D eigenvalue weighted by atomic mass is 19.2. The second kappa shape index (κ2) is 5.60. The summed E-state index contributed by atoms with van der Waals surface area (Å²) in [6, 6.07) is 3.13. The van der Waals surface area contributed by atoms with Gasteiger partial charge in [-0.1, -0.05) is 12.8 Å². The Labute approximate surface area is 122 Å². The van der Waals surface area contributed by atoms with E-state index in [0.29, 0.717) is 18.1 Å². The molecular formula is C15H20F2N4. The van der Waals surface area contributed by atoms with Crippen LogP contribution in [-0.2, 0) is 6.54 Å². The summed E-state index contributed by atoms with van der Waals surface area (Å²) in [5.41, 5.74) is 6.41. The van der Waals surface area contributed by atoms with E-state index in [0.717, 1.165) is 12.6 Å². The van der Waals surface area contributed by atoms with Crippen molar-refractivity contribution in [2.75, 3.05) is 19.3 Å². The molecule has 1 fully saturated rings. The molecule has 0 spiro atoms. The fourth-order valence-electron chi connectivity index (χ4n) is 3.19. The number of hydrogen-bond acceptors (Lipinski definition) is 3. The molecule has 114 valence electrons. The third kappa shape index (κ3) is 2.60. The number of benzene rings is 1. The van der Waals surface area contributed by atoms with Crippen LogP contribution < -0.4 is 5.73 Å². The van der Waals surface area contributed by atoms with E-state index in [1.165, 1.54) is 31.7 Å². The standard InChI is InChI=1S/C15H20F2N4/c1-20(10-4-2-3-5-10)8-9-21-14-12(19-15(21)18)7-6-11(16)13(14)17/h6-7,10H,2-5,8-9H2,1H3,(H2,18,19). The van der Waals surface area contributed by atoms with Gasteiger partial charge in [0.25, 0.3) is 0 Å². The maximum absolute atomic E-state index is 14.0. The molecule has 1 aromatic carbocycles. The van der Waals surface area contributed by atoms with Crippen molar-refractivity contribution < 1.29 is 8.78 Å². The van der Waals surface area contributed by atoms with Gasteiger partial charge in [0.15, 0.2) is 11.6 Å². The van der Waals surface area contributed by atoms with Gasteiger partial charge in [0, 0.05) is 19.1 Å². The summed E-state index contributed by atoms with van der Waals surface area (Å²) in [6.07, 6.45) is 4.95. The van der Waals surface area contributed by atoms with Crippen molar-refractivity contribution in [3.05, 3.63) is 23.8 Å². The minimum atomic E-state index is -0.875. The first-order valence-electron chi connectivity index (χ1n) is 7.38. The number of fused-ring (bicyclic) bond motifs is 1. The predicted molar refractivity (Wildman–Crippen MR) is 78.9 cm³/mol. The van der Waals surface area contributed by atoms with Crippen LogP contribution in [0.2, 0.25) is 0 Å². The zero-order valence-electron chi connectivity index (χ0n) is 12.1. The summed E-state index contributed by atoms with van der Waals surface area (Å²) in [5.74, 6) is -1.51. The molecule has 0 saturated heterocycles. The minimum absolute atomic E-state index is 0.160. The predicted octanol–water partition coefficient (Wildman–Crippen LogP) is 2.77. The van der Waals surface area contributed by atoms with Crippen molar-refractivity contribution in [2.24, 2.45) is 0 Å². The van der Waals surface area contributed by atoms with Crippen molar-refractivity contribution in [1.82, 2.24) is 14.5 Å². The number of anilines is 1. The molecule has 0 bridgehead atoms. The molecule has 21 heavy (non-hydrogen) atoms. The highest BCUT2D eigenvalue weighted by Gasteiger charge is 2.21. The summed E-state index contributed by atoms with van der Waals surface area (Å²) in [6.45, 7) is 1.26. The first kappa shape index (κ1) is 14.3. The summed E-state index contributed by atoms with van der Waals surface area (Å²) >= 11 is 0. The molecule has 1 saturated carbocycles. The lowest BCUT2D eigenvalue weighted by molar-refractivity contribution is 0.237. The number of imidazole rings is 1. The van der Waals surface area contributed by atoms with Crippen LogP contribution >= 0.6 is 0 Å². The van der Waals surface area contributed by atoms with Gasteiger partial charge in [0.1, 0.15) is 5.52 Å². The SMILES string of the molecule is CN(CCn1c(N)nc2ccc(F)c(F)c21)C1CCCC1. The third-order valence-corrected chi connectivity index (χ3v) is 4.45. The Hall–Kier alpha value is -1.69. The number of nitrogens with two attached hydrogens (primary N) is 1. The average Bonchev–Trinajstić information content (AvgIpc) is 3.08. The molecule has 2 N–H and O–H groups in total. The van der Waals surface area contributed by atoms with E-state index < -0.39 is 11.6 Å². The lowest BCUT2D eigenvalue weighted by Crippen LogP contribution is -2.32. The van der Waals surface area contributed by atoms with E-state index in [-0.39, 0.29) is 11.5 Å². The molecule has 0 aliphatic heterocycles. The van der Waals surface area contributed by atoms with Gasteiger partial charge in [-0.2, -0.15) is 0 Å². The van der Waals surface area contributed by atoms with E-state index in [2.05, 4.69) is 16.9 Å². The second-order valence-corrected chi connectivity index (χ2v) is 5.77. The summed E-state index contributed by atoms with van der Waals surface area (Å²) in [4.78, 5) is 6.38. The Morgan fingerprint density at radius 2 is 2.05 bits per heavy atom. The highest BCUT2D eigenvalue weighted by Crippen LogP contribution is 2.25. The van der Waals surface area contributed by atoms with E-state index in [4.69, 9.17) is 5.73 Å². The lowest BCUT2D eigenvalue weighted by Gasteiger charge is -2.24. The molecule has 1 aliphatic carbocycles. The van der Waals surface area contributed by atoms with E-state index >= 15 is 0 Å². The lowest BCUT2D eigenvalue weighted by atomic mass is 10.2. The molecule has 0 amide bonds. The summed E-state index contributed by atoms with van der Waals surface area (Å²) < 4.78 is 29.0. The molecule has 0 unspecified atom stereocenters. The number of aromatic nitrogens is 2. The topological polar surface area (TPSA) is 47.1 Å². The normalized spacial score (nSPS) is 16.4. The van der Waals surface area contributed by atoms with Gasteiger partial charge in [0.2, 0.25) is 5.95 Å². The summed E-state index contributed by atoms with van der Waals surface area (Å²) in [5, 5.41) is 0. The Bertz CT molecular complexity index is 647. The minimum Gasteiger partial charge on any atom is -0.369 e. The molecule has 4 nitrogen and oxygen atoms in total. The van der Waals surface area contributed by atoms with Crippen molar-refractivity contribution >= 4 is 17.0 Å². The van der Waals surface area contributed by atoms with Gasteiger partial charge >= 0.3 is 0 Å². The van der Waals surface area contributed by atoms with Crippen LogP contribution in [0.3, 0.4) is 0 Å². The largest absolute Gasteiger partial charge is 0.369 e. The van der Waals surface area contributed by atoms with Crippen molar-refractivity contribution in [3.8, 4) is 0 Å². The van der Waals surface area contributed by atoms with Gasteiger partial charge in [-0.3, -0.25) is 0 Å². The fourth-order valence-corrected chi connectivity index (χ4v) is 3.19. The van der Waals surface area contributed by atoms with Gasteiger partial charge < -0.3 is 15.2 Å². The van der Waals surface area contributed by atoms with E-state index in [1.807, 2.05) is 0 Å². The molecular weight excluding hydrogens is 274 g/mol. The molecule has 3 rings (SSSR count). The fraction of sp³-hybridized carbons (Fsp3) is 0.533. The average molecular weight is 294 g/mol. The first-order valence-corrected chi connectivity index (χ1v) is 7.38. The highest BCUT2D eigenvalue weighted by molar-refractivity contribution is 5.79. The smallest absolute Gasteiger partial charge is 0.201 e. The van der Waals surface area contributed by atoms with Crippen LogP contribution in [0, 0.1) is 11.6 Å². The molecule has 6 heteroatoms. The number of hydrogen-bond donors (Lipinski definition) is 1. The number of likely N-dealkylation sites (N-methyl/N-ethyl adjacent to an activating group) is 1. The van der Waals surface area contributed by atoms with Crippen LogP contribution in [0.5, 0.6) is 0 Å². The monoisotopic (exact) mass is 294 g/mol. The van der Waals surface area contributed by atoms with Gasteiger partial charge in [-0.15, -0.1) is 0 Å². The molecule has 1 aliphatic rings. The molecule has 1 heterocycles. The number of nitrogens with zero attached hydrogens (tertiary/aromatic N) is 3. The second-order valence-electron chi connectivity index (χ2n) is 5.77. The van der Waals surface area contributed by atoms with Crippen LogP contribution in [0.15, 0.2) is 12.1 Å². The third-order valence-electron chi connectivity index (χ3n) is 4.45.